The van der Waals surface area contributed by atoms with Gasteiger partial charge in [-0.25, -0.2) is 17.7 Å². The number of hydrogen-bond donors (Lipinski definition) is 1. The number of rotatable bonds is 8. The topological polar surface area (TPSA) is 82.6 Å². The molecular formula is C20H28N4O3S2. The highest BCUT2D eigenvalue weighted by Gasteiger charge is 2.22. The molecule has 1 aromatic heterocycles. The Morgan fingerprint density at radius 3 is 2.66 bits per heavy atom. The molecule has 9 heteroatoms. The fourth-order valence-electron chi connectivity index (χ4n) is 3.20. The van der Waals surface area contributed by atoms with Gasteiger partial charge < -0.3 is 0 Å². The molecule has 0 fully saturated rings. The number of sulfonamides is 1. The van der Waals surface area contributed by atoms with Crippen LogP contribution in [0.1, 0.15) is 47.6 Å². The maximum absolute atomic E-state index is 12.6. The predicted molar refractivity (Wildman–Crippen MR) is 116 cm³/mol. The van der Waals surface area contributed by atoms with Crippen LogP contribution in [0.5, 0.6) is 0 Å². The zero-order chi connectivity index (χ0) is 21.0. The molecule has 2 aromatic rings. The number of fused-ring (bicyclic) bond motifs is 1. The lowest BCUT2D eigenvalue weighted by atomic mass is 10.2. The zero-order valence-electron chi connectivity index (χ0n) is 17.1. The summed E-state index contributed by atoms with van der Waals surface area (Å²) in [6.45, 7) is 7.50. The second-order valence-electron chi connectivity index (χ2n) is 7.17. The number of anilines is 1. The van der Waals surface area contributed by atoms with Crippen molar-refractivity contribution >= 4 is 32.4 Å². The Kier molecular flexibility index (Phi) is 7.05. The molecule has 1 aliphatic heterocycles. The smallest absolute Gasteiger partial charge is 0.257 e. The number of thiazole rings is 1. The first-order valence-corrected chi connectivity index (χ1v) is 12.2. The van der Waals surface area contributed by atoms with Gasteiger partial charge in [-0.15, -0.1) is 11.3 Å². The summed E-state index contributed by atoms with van der Waals surface area (Å²) in [5.74, 6) is -0.285. The minimum Gasteiger partial charge on any atom is -0.298 e. The molecule has 1 amide bonds. The van der Waals surface area contributed by atoms with E-state index >= 15 is 0 Å². The highest BCUT2D eigenvalue weighted by molar-refractivity contribution is 7.89. The van der Waals surface area contributed by atoms with Gasteiger partial charge in [0.25, 0.3) is 5.91 Å². The molecule has 0 unspecified atom stereocenters. The van der Waals surface area contributed by atoms with Crippen molar-refractivity contribution in [3.05, 3.63) is 40.4 Å². The third-order valence-electron chi connectivity index (χ3n) is 5.13. The lowest BCUT2D eigenvalue weighted by Gasteiger charge is -2.23. The summed E-state index contributed by atoms with van der Waals surface area (Å²) in [5.41, 5.74) is 1.47. The maximum Gasteiger partial charge on any atom is 0.257 e. The number of nitrogens with one attached hydrogen (secondary N) is 1. The maximum atomic E-state index is 12.6. The molecule has 1 aromatic carbocycles. The molecule has 3 rings (SSSR count). The van der Waals surface area contributed by atoms with Crippen molar-refractivity contribution in [2.24, 2.45) is 0 Å². The van der Waals surface area contributed by atoms with Crippen LogP contribution in [0, 0.1) is 0 Å². The van der Waals surface area contributed by atoms with E-state index in [0.29, 0.717) is 17.2 Å². The van der Waals surface area contributed by atoms with Crippen molar-refractivity contribution in [2.75, 3.05) is 32.0 Å². The van der Waals surface area contributed by atoms with Gasteiger partial charge in [0, 0.05) is 43.5 Å². The molecule has 0 bridgehead atoms. The molecule has 0 aliphatic carbocycles. The van der Waals surface area contributed by atoms with E-state index in [1.54, 1.807) is 19.2 Å². The Morgan fingerprint density at radius 1 is 1.28 bits per heavy atom. The summed E-state index contributed by atoms with van der Waals surface area (Å²) in [6.07, 6.45) is 2.63. The zero-order valence-corrected chi connectivity index (χ0v) is 18.8. The van der Waals surface area contributed by atoms with Gasteiger partial charge in [-0.05, 0) is 37.2 Å². The molecule has 0 saturated heterocycles. The molecule has 0 spiro atoms. The van der Waals surface area contributed by atoms with Crippen LogP contribution in [0.3, 0.4) is 0 Å². The van der Waals surface area contributed by atoms with Crippen molar-refractivity contribution in [1.82, 2.24) is 14.2 Å². The molecule has 1 aliphatic rings. The van der Waals surface area contributed by atoms with E-state index in [1.807, 2.05) is 6.92 Å². The summed E-state index contributed by atoms with van der Waals surface area (Å²) >= 11 is 1.51. The van der Waals surface area contributed by atoms with Gasteiger partial charge in [-0.2, -0.15) is 0 Å². The van der Waals surface area contributed by atoms with Crippen molar-refractivity contribution < 1.29 is 13.2 Å². The normalized spacial score (nSPS) is 14.8. The van der Waals surface area contributed by atoms with E-state index in [1.165, 1.54) is 32.7 Å². The Labute approximate surface area is 176 Å². The van der Waals surface area contributed by atoms with E-state index in [-0.39, 0.29) is 10.8 Å². The molecule has 0 atom stereocenters. The lowest BCUT2D eigenvalue weighted by Crippen LogP contribution is -2.29. The monoisotopic (exact) mass is 436 g/mol. The first-order valence-electron chi connectivity index (χ1n) is 9.93. The fourth-order valence-corrected chi connectivity index (χ4v) is 5.46. The Hall–Kier alpha value is -1.81. The number of amides is 1. The largest absolute Gasteiger partial charge is 0.298 e. The summed E-state index contributed by atoms with van der Waals surface area (Å²) in [4.78, 5) is 20.9. The second-order valence-corrected chi connectivity index (χ2v) is 10.3. The number of carbonyl (C=O) groups excluding carboxylic acids is 1. The molecular weight excluding hydrogens is 408 g/mol. The van der Waals surface area contributed by atoms with Crippen LogP contribution >= 0.6 is 11.3 Å². The van der Waals surface area contributed by atoms with Gasteiger partial charge in [0.05, 0.1) is 10.6 Å². The van der Waals surface area contributed by atoms with Crippen molar-refractivity contribution in [2.45, 2.75) is 44.6 Å². The molecule has 29 heavy (non-hydrogen) atoms. The summed E-state index contributed by atoms with van der Waals surface area (Å²) < 4.78 is 26.5. The molecule has 2 heterocycles. The Morgan fingerprint density at radius 2 is 2.00 bits per heavy atom. The summed E-state index contributed by atoms with van der Waals surface area (Å²) in [6, 6.07) is 6.06. The van der Waals surface area contributed by atoms with Gasteiger partial charge in [-0.1, -0.05) is 20.3 Å². The average Bonchev–Trinajstić information content (AvgIpc) is 3.13. The van der Waals surface area contributed by atoms with Crippen LogP contribution in [-0.4, -0.2) is 55.2 Å². The van der Waals surface area contributed by atoms with E-state index in [4.69, 9.17) is 0 Å². The van der Waals surface area contributed by atoms with Crippen LogP contribution in [0.25, 0.3) is 0 Å². The first-order chi connectivity index (χ1) is 13.8. The van der Waals surface area contributed by atoms with Crippen molar-refractivity contribution in [3.8, 4) is 0 Å². The van der Waals surface area contributed by atoms with E-state index in [9.17, 15) is 13.2 Å². The summed E-state index contributed by atoms with van der Waals surface area (Å²) in [5, 5.41) is 3.44. The number of nitrogens with zero attached hydrogens (tertiary/aromatic N) is 3. The van der Waals surface area contributed by atoms with Crippen LogP contribution in [-0.2, 0) is 23.0 Å². The molecule has 0 radical (unpaired) electrons. The SMILES string of the molecule is CCCCN(C)S(=O)(=O)c1ccc(C(=O)Nc2nc3c(s2)CN(CC)CC3)cc1. The number of benzene rings is 1. The van der Waals surface area contributed by atoms with Crippen molar-refractivity contribution in [1.29, 1.82) is 0 Å². The van der Waals surface area contributed by atoms with E-state index in [0.717, 1.165) is 44.6 Å². The Bertz CT molecular complexity index is 955. The van der Waals surface area contributed by atoms with Gasteiger partial charge in [0.1, 0.15) is 0 Å². The van der Waals surface area contributed by atoms with Gasteiger partial charge in [0.15, 0.2) is 5.13 Å². The minimum atomic E-state index is -3.54. The fraction of sp³-hybridized carbons (Fsp3) is 0.500. The lowest BCUT2D eigenvalue weighted by molar-refractivity contribution is 0.102. The van der Waals surface area contributed by atoms with Gasteiger partial charge in [-0.3, -0.25) is 15.0 Å². The number of hydrogen-bond acceptors (Lipinski definition) is 6. The highest BCUT2D eigenvalue weighted by atomic mass is 32.2. The standard InChI is InChI=1S/C20H28N4O3S2/c1-4-6-12-23(3)29(26,27)16-9-7-15(8-10-16)19(25)22-20-21-17-11-13-24(5-2)14-18(17)28-20/h7-10H,4-6,11-14H2,1-3H3,(H,21,22,25). The third-order valence-corrected chi connectivity index (χ3v) is 8.00. The van der Waals surface area contributed by atoms with Crippen molar-refractivity contribution in [3.63, 3.8) is 0 Å². The van der Waals surface area contributed by atoms with E-state index in [2.05, 4.69) is 22.1 Å². The second kappa shape index (κ2) is 9.34. The Balaban J connectivity index is 1.68. The number of unbranched alkanes of at least 4 members (excludes halogenated alkanes) is 1. The van der Waals surface area contributed by atoms with Crippen LogP contribution < -0.4 is 5.32 Å². The predicted octanol–water partition coefficient (Wildman–Crippen LogP) is 3.19. The number of aromatic nitrogens is 1. The molecule has 158 valence electrons. The van der Waals surface area contributed by atoms with Crippen LogP contribution in [0.15, 0.2) is 29.2 Å². The van der Waals surface area contributed by atoms with Crippen LogP contribution in [0.2, 0.25) is 0 Å². The average molecular weight is 437 g/mol. The summed E-state index contributed by atoms with van der Waals surface area (Å²) in [7, 11) is -1.96. The molecule has 7 nitrogen and oxygen atoms in total. The van der Waals surface area contributed by atoms with E-state index < -0.39 is 10.0 Å². The highest BCUT2D eigenvalue weighted by Crippen LogP contribution is 2.28. The number of likely N-dealkylation sites (N-methyl/N-ethyl adjacent to an activating group) is 1. The quantitative estimate of drug-likeness (QED) is 0.687. The van der Waals surface area contributed by atoms with Crippen LogP contribution in [0.4, 0.5) is 5.13 Å². The van der Waals surface area contributed by atoms with Gasteiger partial charge in [0.2, 0.25) is 10.0 Å². The van der Waals surface area contributed by atoms with Gasteiger partial charge >= 0.3 is 0 Å². The molecule has 0 saturated carbocycles. The molecule has 1 N–H and O–H groups in total. The number of carbonyl (C=O) groups is 1. The third kappa shape index (κ3) is 5.03. The minimum absolute atomic E-state index is 0.192. The first kappa shape index (κ1) is 21.9.